The molecule has 1 aliphatic rings. The molecule has 6 nitrogen and oxygen atoms in total. The smallest absolute Gasteiger partial charge is 0.185 e. The molecular formula is C20H31N4O2PS. The van der Waals surface area contributed by atoms with E-state index in [1.165, 1.54) is 43.7 Å². The lowest BCUT2D eigenvalue weighted by atomic mass is 10.1. The van der Waals surface area contributed by atoms with Crippen molar-refractivity contribution in [2.24, 2.45) is 0 Å². The Bertz CT molecular complexity index is 741. The maximum atomic E-state index is 10.1. The standard InChI is InChI=1S/C15H20N3O2PS.C5H11N/c1-9-6-10(2)13(11(19)7-9)21-8-12-14(16)18-15(22-12)17-4-5-20-3;1-2-4-6-5-3-1/h6-8,19H,4-5,16H2,1-3H3,(H,17,18);6H,1-5H2. The second kappa shape index (κ2) is 12.0. The van der Waals surface area contributed by atoms with E-state index in [-0.39, 0.29) is 0 Å². The second-order valence-corrected chi connectivity index (χ2v) is 8.70. The van der Waals surface area contributed by atoms with Crippen molar-refractivity contribution in [2.45, 2.75) is 33.1 Å². The van der Waals surface area contributed by atoms with Gasteiger partial charge in [-0.25, -0.2) is 4.98 Å². The largest absolute Gasteiger partial charge is 0.507 e. The van der Waals surface area contributed by atoms with Crippen molar-refractivity contribution in [1.29, 1.82) is 0 Å². The third-order valence-corrected chi connectivity index (χ3v) is 6.58. The van der Waals surface area contributed by atoms with Gasteiger partial charge in [-0.15, -0.1) is 0 Å². The van der Waals surface area contributed by atoms with Crippen LogP contribution in [0.15, 0.2) is 12.1 Å². The highest BCUT2D eigenvalue weighted by Crippen LogP contribution is 2.25. The van der Waals surface area contributed by atoms with Gasteiger partial charge in [-0.05, 0) is 62.8 Å². The third kappa shape index (κ3) is 7.40. The first-order valence-corrected chi connectivity index (χ1v) is 11.3. The highest BCUT2D eigenvalue weighted by Gasteiger charge is 2.07. The minimum Gasteiger partial charge on any atom is -0.507 e. The van der Waals surface area contributed by atoms with E-state index in [0.717, 1.165) is 34.6 Å². The van der Waals surface area contributed by atoms with Gasteiger partial charge in [-0.2, -0.15) is 0 Å². The van der Waals surface area contributed by atoms with E-state index < -0.39 is 0 Å². The van der Waals surface area contributed by atoms with Crippen LogP contribution < -0.4 is 21.7 Å². The van der Waals surface area contributed by atoms with E-state index in [1.807, 2.05) is 19.6 Å². The summed E-state index contributed by atoms with van der Waals surface area (Å²) in [6, 6.07) is 3.83. The zero-order valence-corrected chi connectivity index (χ0v) is 18.6. The molecule has 0 aliphatic carbocycles. The minimum absolute atomic E-state index is 0.317. The Morgan fingerprint density at radius 3 is 2.64 bits per heavy atom. The van der Waals surface area contributed by atoms with Crippen LogP contribution in [0, 0.1) is 13.8 Å². The van der Waals surface area contributed by atoms with Gasteiger partial charge in [-0.1, -0.05) is 32.0 Å². The van der Waals surface area contributed by atoms with Crippen molar-refractivity contribution in [3.05, 3.63) is 28.1 Å². The van der Waals surface area contributed by atoms with Crippen LogP contribution in [-0.2, 0) is 4.74 Å². The molecule has 2 aromatic rings. The Kier molecular flexibility index (Phi) is 9.71. The number of aryl methyl sites for hydroxylation is 2. The molecule has 8 heteroatoms. The summed E-state index contributed by atoms with van der Waals surface area (Å²) in [6.07, 6.45) is 4.22. The molecule has 0 radical (unpaired) electrons. The maximum absolute atomic E-state index is 10.1. The van der Waals surface area contributed by atoms with Crippen LogP contribution in [-0.4, -0.2) is 49.2 Å². The fourth-order valence-electron chi connectivity index (χ4n) is 2.80. The van der Waals surface area contributed by atoms with Gasteiger partial charge >= 0.3 is 0 Å². The third-order valence-electron chi connectivity index (χ3n) is 4.21. The summed E-state index contributed by atoms with van der Waals surface area (Å²) in [6.45, 7) is 7.78. The number of aromatic nitrogens is 1. The molecule has 5 N–H and O–H groups in total. The van der Waals surface area contributed by atoms with E-state index in [9.17, 15) is 5.11 Å². The minimum atomic E-state index is 0.317. The molecule has 0 atom stereocenters. The molecule has 1 fully saturated rings. The van der Waals surface area contributed by atoms with Crippen LogP contribution in [0.2, 0.25) is 0 Å². The highest BCUT2D eigenvalue weighted by molar-refractivity contribution is 7.49. The first kappa shape index (κ1) is 22.6. The summed E-state index contributed by atoms with van der Waals surface area (Å²) in [5.41, 5.74) is 8.06. The van der Waals surface area contributed by atoms with Crippen molar-refractivity contribution in [2.75, 3.05) is 44.4 Å². The zero-order valence-electron chi connectivity index (χ0n) is 16.9. The van der Waals surface area contributed by atoms with Crippen LogP contribution in [0.3, 0.4) is 0 Å². The topological polar surface area (TPSA) is 92.4 Å². The molecule has 1 aliphatic heterocycles. The number of methoxy groups -OCH3 is 1. The predicted molar refractivity (Wildman–Crippen MR) is 123 cm³/mol. The summed E-state index contributed by atoms with van der Waals surface area (Å²) in [5, 5.41) is 18.2. The number of phenolic OH excluding ortho intramolecular Hbond substituents is 1. The van der Waals surface area contributed by atoms with Gasteiger partial charge in [0.2, 0.25) is 0 Å². The molecule has 3 rings (SSSR count). The number of thiazole rings is 1. The molecule has 0 bridgehead atoms. The number of hydrogen-bond donors (Lipinski definition) is 4. The first-order valence-electron chi connectivity index (χ1n) is 9.55. The highest BCUT2D eigenvalue weighted by atomic mass is 32.1. The van der Waals surface area contributed by atoms with E-state index >= 15 is 0 Å². The Morgan fingerprint density at radius 2 is 2.07 bits per heavy atom. The Morgan fingerprint density at radius 1 is 1.32 bits per heavy atom. The van der Waals surface area contributed by atoms with Crippen molar-refractivity contribution in [3.63, 3.8) is 0 Å². The van der Waals surface area contributed by atoms with Gasteiger partial charge in [0.1, 0.15) is 11.6 Å². The number of nitrogen functional groups attached to an aromatic ring is 1. The number of ether oxygens (including phenoxy) is 1. The summed E-state index contributed by atoms with van der Waals surface area (Å²) in [4.78, 5) is 5.19. The van der Waals surface area contributed by atoms with E-state index in [2.05, 4.69) is 21.7 Å². The lowest BCUT2D eigenvalue weighted by Gasteiger charge is -2.08. The zero-order chi connectivity index (χ0) is 20.4. The van der Waals surface area contributed by atoms with E-state index in [0.29, 0.717) is 24.7 Å². The van der Waals surface area contributed by atoms with Crippen molar-refractivity contribution in [1.82, 2.24) is 10.3 Å². The fraction of sp³-hybridized carbons (Fsp3) is 0.500. The number of piperidine rings is 1. The molecule has 2 heterocycles. The quantitative estimate of drug-likeness (QED) is 0.422. The number of benzene rings is 1. The number of aromatic hydroxyl groups is 1. The molecule has 154 valence electrons. The normalized spacial score (nSPS) is 14.0. The number of nitrogens with two attached hydrogens (primary N) is 1. The molecule has 1 aromatic carbocycles. The van der Waals surface area contributed by atoms with Crippen LogP contribution in [0.1, 0.15) is 35.3 Å². The fourth-order valence-corrected chi connectivity index (χ4v) is 4.69. The summed E-state index contributed by atoms with van der Waals surface area (Å²) in [5.74, 6) is 2.80. The van der Waals surface area contributed by atoms with Crippen molar-refractivity contribution in [3.8, 4) is 5.75 Å². The van der Waals surface area contributed by atoms with Crippen LogP contribution in [0.4, 0.5) is 10.9 Å². The van der Waals surface area contributed by atoms with Crippen molar-refractivity contribution >= 4 is 41.6 Å². The average molecular weight is 423 g/mol. The number of anilines is 2. The summed E-state index contributed by atoms with van der Waals surface area (Å²) >= 11 is 1.50. The number of nitrogens with one attached hydrogen (secondary N) is 2. The van der Waals surface area contributed by atoms with Crippen LogP contribution >= 0.6 is 19.5 Å². The molecule has 0 unspecified atom stereocenters. The monoisotopic (exact) mass is 422 g/mol. The van der Waals surface area contributed by atoms with Crippen LogP contribution in [0.25, 0.3) is 0 Å². The van der Waals surface area contributed by atoms with Gasteiger partial charge in [0, 0.05) is 19.0 Å². The van der Waals surface area contributed by atoms with Gasteiger partial charge in [0.05, 0.1) is 11.5 Å². The summed E-state index contributed by atoms with van der Waals surface area (Å²) < 4.78 is 4.99. The lowest BCUT2D eigenvalue weighted by Crippen LogP contribution is -2.21. The van der Waals surface area contributed by atoms with Crippen LogP contribution in [0.5, 0.6) is 5.75 Å². The van der Waals surface area contributed by atoms with Gasteiger partial charge in [-0.3, -0.25) is 0 Å². The van der Waals surface area contributed by atoms with Crippen molar-refractivity contribution < 1.29 is 9.84 Å². The van der Waals surface area contributed by atoms with Gasteiger partial charge in [0.25, 0.3) is 0 Å². The number of nitrogens with zero attached hydrogens (tertiary/aromatic N) is 1. The molecule has 0 saturated carbocycles. The molecule has 28 heavy (non-hydrogen) atoms. The second-order valence-electron chi connectivity index (χ2n) is 6.71. The Labute approximate surface area is 173 Å². The van der Waals surface area contributed by atoms with E-state index in [4.69, 9.17) is 10.5 Å². The molecule has 0 amide bonds. The SMILES string of the molecule is C1CCNCC1.COCCNc1nc(N)c(C=Pc2c(C)cc(C)cc2O)s1. The Hall–Kier alpha value is -1.66. The molecular weight excluding hydrogens is 391 g/mol. The van der Waals surface area contributed by atoms with E-state index in [1.54, 1.807) is 13.2 Å². The van der Waals surface area contributed by atoms with Gasteiger partial charge in [0.15, 0.2) is 5.13 Å². The lowest BCUT2D eigenvalue weighted by molar-refractivity contribution is 0.211. The number of rotatable bonds is 6. The number of phenols is 1. The summed E-state index contributed by atoms with van der Waals surface area (Å²) in [7, 11) is 2.56. The Balaban J connectivity index is 0.000000397. The molecule has 1 aromatic heterocycles. The predicted octanol–water partition coefficient (Wildman–Crippen LogP) is 3.29. The first-order chi connectivity index (χ1) is 13.5. The average Bonchev–Trinajstić information content (AvgIpc) is 3.03. The maximum Gasteiger partial charge on any atom is 0.185 e. The number of hydrogen-bond acceptors (Lipinski definition) is 7. The van der Waals surface area contributed by atoms with Gasteiger partial charge < -0.3 is 26.2 Å². The molecule has 1 saturated heterocycles. The molecule has 0 spiro atoms.